The third kappa shape index (κ3) is 3.57. The maximum Gasteiger partial charge on any atom is 0.272 e. The molecule has 0 radical (unpaired) electrons. The van der Waals surface area contributed by atoms with Gasteiger partial charge in [-0.2, -0.15) is 0 Å². The molecule has 1 atom stereocenters. The van der Waals surface area contributed by atoms with Crippen LogP contribution in [0.3, 0.4) is 0 Å². The van der Waals surface area contributed by atoms with Gasteiger partial charge in [0.25, 0.3) is 5.91 Å². The van der Waals surface area contributed by atoms with Crippen LogP contribution >= 0.6 is 24.8 Å². The quantitative estimate of drug-likeness (QED) is 0.902. The highest BCUT2D eigenvalue weighted by Gasteiger charge is 2.27. The second-order valence-corrected chi connectivity index (χ2v) is 4.19. The smallest absolute Gasteiger partial charge is 0.272 e. The molecule has 1 aromatic heterocycles. The highest BCUT2D eigenvalue weighted by molar-refractivity contribution is 5.93. The van der Waals surface area contributed by atoms with Gasteiger partial charge in [-0.05, 0) is 32.0 Å². The monoisotopic (exact) mass is 291 g/mol. The van der Waals surface area contributed by atoms with E-state index >= 15 is 0 Å². The van der Waals surface area contributed by atoms with E-state index in [1.807, 2.05) is 31.0 Å². The number of carbonyl (C=O) groups is 1. The van der Waals surface area contributed by atoms with Crippen LogP contribution in [0.15, 0.2) is 18.3 Å². The van der Waals surface area contributed by atoms with Crippen LogP contribution in [-0.4, -0.2) is 42.0 Å². The van der Waals surface area contributed by atoms with E-state index in [0.29, 0.717) is 11.7 Å². The maximum atomic E-state index is 12.2. The van der Waals surface area contributed by atoms with Gasteiger partial charge in [-0.25, -0.2) is 0 Å². The van der Waals surface area contributed by atoms with E-state index in [-0.39, 0.29) is 30.7 Å². The number of nitrogens with one attached hydrogen (secondary N) is 1. The number of nitrogens with zero attached hydrogens (tertiary/aromatic N) is 2. The van der Waals surface area contributed by atoms with Gasteiger partial charge in [-0.15, -0.1) is 24.8 Å². The average molecular weight is 292 g/mol. The number of hydrogen-bond acceptors (Lipinski definition) is 3. The number of halogens is 2. The largest absolute Gasteiger partial charge is 0.336 e. The van der Waals surface area contributed by atoms with Crippen molar-refractivity contribution in [2.24, 2.45) is 0 Å². The van der Waals surface area contributed by atoms with Gasteiger partial charge in [-0.3, -0.25) is 9.78 Å². The lowest BCUT2D eigenvalue weighted by molar-refractivity contribution is 0.0783. The van der Waals surface area contributed by atoms with Gasteiger partial charge in [0.1, 0.15) is 5.69 Å². The Labute approximate surface area is 120 Å². The van der Waals surface area contributed by atoms with Crippen molar-refractivity contribution in [3.63, 3.8) is 0 Å². The average Bonchev–Trinajstić information content (AvgIpc) is 2.77. The fraction of sp³-hybridized carbons (Fsp3) is 0.500. The van der Waals surface area contributed by atoms with Crippen LogP contribution in [0.5, 0.6) is 0 Å². The molecular formula is C12H19Cl2N3O. The van der Waals surface area contributed by atoms with E-state index in [1.165, 1.54) is 0 Å². The second-order valence-electron chi connectivity index (χ2n) is 4.19. The summed E-state index contributed by atoms with van der Waals surface area (Å²) in [5, 5.41) is 3.20. The zero-order valence-corrected chi connectivity index (χ0v) is 12.2. The Bertz CT molecular complexity index is 401. The Morgan fingerprint density at radius 1 is 1.50 bits per heavy atom. The summed E-state index contributed by atoms with van der Waals surface area (Å²) in [6, 6.07) is 4.20. The van der Waals surface area contributed by atoms with Crippen molar-refractivity contribution in [3.05, 3.63) is 29.6 Å². The minimum absolute atomic E-state index is 0. The van der Waals surface area contributed by atoms with E-state index in [2.05, 4.69) is 10.3 Å². The van der Waals surface area contributed by atoms with Crippen LogP contribution in [0, 0.1) is 6.92 Å². The summed E-state index contributed by atoms with van der Waals surface area (Å²) in [5.74, 6) is 0.0517. The standard InChI is InChI=1S/C12H17N3O.2ClH/c1-9-4-3-6-14-11(9)12(16)15-7-5-10(8-15)13-2;;/h3-4,6,10,13H,5,7-8H2,1-2H3;2*1H. The van der Waals surface area contributed by atoms with E-state index in [0.717, 1.165) is 25.1 Å². The molecule has 18 heavy (non-hydrogen) atoms. The molecule has 1 aliphatic rings. The van der Waals surface area contributed by atoms with Crippen LogP contribution in [0.2, 0.25) is 0 Å². The molecule has 1 aliphatic heterocycles. The summed E-state index contributed by atoms with van der Waals surface area (Å²) in [7, 11) is 1.94. The lowest BCUT2D eigenvalue weighted by Crippen LogP contribution is -2.34. The normalized spacial score (nSPS) is 17.9. The first-order chi connectivity index (χ1) is 7.72. The number of rotatable bonds is 2. The summed E-state index contributed by atoms with van der Waals surface area (Å²) in [5.41, 5.74) is 1.53. The zero-order valence-electron chi connectivity index (χ0n) is 10.5. The van der Waals surface area contributed by atoms with E-state index in [4.69, 9.17) is 0 Å². The summed E-state index contributed by atoms with van der Waals surface area (Å²) in [4.78, 5) is 18.2. The van der Waals surface area contributed by atoms with Crippen LogP contribution in [0.25, 0.3) is 0 Å². The van der Waals surface area contributed by atoms with Crippen LogP contribution in [0.1, 0.15) is 22.5 Å². The zero-order chi connectivity index (χ0) is 11.5. The lowest BCUT2D eigenvalue weighted by Gasteiger charge is -2.16. The molecular weight excluding hydrogens is 273 g/mol. The number of hydrogen-bond donors (Lipinski definition) is 1. The third-order valence-corrected chi connectivity index (χ3v) is 3.10. The van der Waals surface area contributed by atoms with Gasteiger partial charge >= 0.3 is 0 Å². The summed E-state index contributed by atoms with van der Waals surface area (Å²) < 4.78 is 0. The first-order valence-corrected chi connectivity index (χ1v) is 5.60. The molecule has 2 heterocycles. The minimum atomic E-state index is 0. The van der Waals surface area contributed by atoms with Crippen molar-refractivity contribution in [2.75, 3.05) is 20.1 Å². The molecule has 1 fully saturated rings. The van der Waals surface area contributed by atoms with Crippen molar-refractivity contribution in [2.45, 2.75) is 19.4 Å². The predicted molar refractivity (Wildman–Crippen MR) is 76.8 cm³/mol. The molecule has 1 N–H and O–H groups in total. The number of carbonyl (C=O) groups excluding carboxylic acids is 1. The van der Waals surface area contributed by atoms with Gasteiger partial charge in [0.05, 0.1) is 0 Å². The van der Waals surface area contributed by atoms with Crippen molar-refractivity contribution >= 4 is 30.7 Å². The Balaban J connectivity index is 0.00000144. The molecule has 6 heteroatoms. The minimum Gasteiger partial charge on any atom is -0.336 e. The second kappa shape index (κ2) is 7.56. The van der Waals surface area contributed by atoms with Gasteiger partial charge in [0.15, 0.2) is 0 Å². The first kappa shape index (κ1) is 17.2. The number of likely N-dealkylation sites (N-methyl/N-ethyl adjacent to an activating group) is 1. The van der Waals surface area contributed by atoms with Gasteiger partial charge in [0.2, 0.25) is 0 Å². The molecule has 2 rings (SSSR count). The maximum absolute atomic E-state index is 12.2. The summed E-state index contributed by atoms with van der Waals surface area (Å²) in [6.07, 6.45) is 2.69. The third-order valence-electron chi connectivity index (χ3n) is 3.10. The molecule has 1 aromatic rings. The number of aromatic nitrogens is 1. The van der Waals surface area contributed by atoms with E-state index < -0.39 is 0 Å². The SMILES string of the molecule is CNC1CCN(C(=O)c2ncccc2C)C1.Cl.Cl. The molecule has 102 valence electrons. The van der Waals surface area contributed by atoms with Gasteiger partial charge < -0.3 is 10.2 Å². The summed E-state index contributed by atoms with van der Waals surface area (Å²) >= 11 is 0. The van der Waals surface area contributed by atoms with Crippen LogP contribution < -0.4 is 5.32 Å². The van der Waals surface area contributed by atoms with Crippen molar-refractivity contribution in [3.8, 4) is 0 Å². The Hall–Kier alpha value is -0.840. The molecule has 1 amide bonds. The molecule has 0 aromatic carbocycles. The molecule has 0 bridgehead atoms. The molecule has 0 saturated carbocycles. The summed E-state index contributed by atoms with van der Waals surface area (Å²) in [6.45, 7) is 3.53. The number of aryl methyl sites for hydroxylation is 1. The van der Waals surface area contributed by atoms with Crippen molar-refractivity contribution in [1.29, 1.82) is 0 Å². The fourth-order valence-electron chi connectivity index (χ4n) is 2.04. The molecule has 4 nitrogen and oxygen atoms in total. The van der Waals surface area contributed by atoms with E-state index in [1.54, 1.807) is 6.20 Å². The van der Waals surface area contributed by atoms with Crippen molar-refractivity contribution in [1.82, 2.24) is 15.2 Å². The Kier molecular flexibility index (Phi) is 7.21. The topological polar surface area (TPSA) is 45.2 Å². The van der Waals surface area contributed by atoms with E-state index in [9.17, 15) is 4.79 Å². The molecule has 0 aliphatic carbocycles. The Morgan fingerprint density at radius 3 is 2.78 bits per heavy atom. The predicted octanol–water partition coefficient (Wildman–Crippen LogP) is 1.67. The van der Waals surface area contributed by atoms with Crippen LogP contribution in [0.4, 0.5) is 0 Å². The lowest BCUT2D eigenvalue weighted by atomic mass is 10.2. The van der Waals surface area contributed by atoms with Gasteiger partial charge in [0, 0.05) is 25.3 Å². The molecule has 0 spiro atoms. The number of amides is 1. The first-order valence-electron chi connectivity index (χ1n) is 5.60. The highest BCUT2D eigenvalue weighted by atomic mass is 35.5. The van der Waals surface area contributed by atoms with Gasteiger partial charge in [-0.1, -0.05) is 6.07 Å². The number of likely N-dealkylation sites (tertiary alicyclic amines) is 1. The van der Waals surface area contributed by atoms with Crippen molar-refractivity contribution < 1.29 is 4.79 Å². The molecule has 1 saturated heterocycles. The highest BCUT2D eigenvalue weighted by Crippen LogP contribution is 2.14. The van der Waals surface area contributed by atoms with Crippen LogP contribution in [-0.2, 0) is 0 Å². The molecule has 1 unspecified atom stereocenters. The number of pyridine rings is 1. The Morgan fingerprint density at radius 2 is 2.22 bits per heavy atom. The fourth-order valence-corrected chi connectivity index (χ4v) is 2.04.